The first-order chi connectivity index (χ1) is 8.07. The Morgan fingerprint density at radius 2 is 2.06 bits per heavy atom. The summed E-state index contributed by atoms with van der Waals surface area (Å²) in [5.41, 5.74) is 5.24. The smallest absolute Gasteiger partial charge is 0.316 e. The molecule has 2 amide bonds. The van der Waals surface area contributed by atoms with Crippen LogP contribution in [0.3, 0.4) is 0 Å². The van der Waals surface area contributed by atoms with Gasteiger partial charge in [-0.15, -0.1) is 0 Å². The third kappa shape index (κ3) is 3.25. The second-order valence-electron chi connectivity index (χ2n) is 3.36. The molecule has 1 rings (SSSR count). The van der Waals surface area contributed by atoms with Gasteiger partial charge in [0.15, 0.2) is 0 Å². The number of rotatable bonds is 3. The summed E-state index contributed by atoms with van der Waals surface area (Å²) in [6, 6.07) is 5.73. The Labute approximate surface area is 98.4 Å². The second-order valence-corrected chi connectivity index (χ2v) is 3.36. The Kier molecular flexibility index (Phi) is 4.59. The minimum absolute atomic E-state index is 0.0559. The van der Waals surface area contributed by atoms with Gasteiger partial charge < -0.3 is 16.0 Å². The average Bonchev–Trinajstić information content (AvgIpc) is 2.34. The predicted molar refractivity (Wildman–Crippen MR) is 61.9 cm³/mol. The highest BCUT2D eigenvalue weighted by atomic mass is 19.1. The van der Waals surface area contributed by atoms with Crippen LogP contribution in [-0.4, -0.2) is 32.0 Å². The number of amides is 2. The molecule has 0 aromatic heterocycles. The van der Waals surface area contributed by atoms with Crippen molar-refractivity contribution in [2.24, 2.45) is 5.73 Å². The third-order valence-corrected chi connectivity index (χ3v) is 2.14. The molecule has 6 heteroatoms. The highest BCUT2D eigenvalue weighted by Crippen LogP contribution is 2.16. The summed E-state index contributed by atoms with van der Waals surface area (Å²) >= 11 is 0. The number of carbonyl (C=O) groups is 2. The largest absolute Gasteiger partial charge is 0.347 e. The molecular weight excluding hydrogens is 225 g/mol. The molecule has 0 unspecified atom stereocenters. The lowest BCUT2D eigenvalue weighted by Crippen LogP contribution is -2.43. The van der Waals surface area contributed by atoms with Crippen LogP contribution in [0.15, 0.2) is 24.3 Å². The Morgan fingerprint density at radius 1 is 1.41 bits per heavy atom. The Hall–Kier alpha value is -1.95. The van der Waals surface area contributed by atoms with E-state index in [0.717, 1.165) is 4.90 Å². The van der Waals surface area contributed by atoms with Crippen molar-refractivity contribution in [1.82, 2.24) is 5.32 Å². The number of nitrogens with zero attached hydrogens (tertiary/aromatic N) is 1. The molecule has 0 heterocycles. The quantitative estimate of drug-likeness (QED) is 0.721. The molecule has 1 aromatic carbocycles. The first-order valence-electron chi connectivity index (χ1n) is 5.08. The van der Waals surface area contributed by atoms with E-state index in [1.807, 2.05) is 0 Å². The van der Waals surface area contributed by atoms with Crippen molar-refractivity contribution in [1.29, 1.82) is 0 Å². The van der Waals surface area contributed by atoms with Gasteiger partial charge in [-0.05, 0) is 12.1 Å². The summed E-state index contributed by atoms with van der Waals surface area (Å²) in [6.45, 7) is 0.443. The fourth-order valence-corrected chi connectivity index (χ4v) is 1.25. The first-order valence-corrected chi connectivity index (χ1v) is 5.08. The molecule has 0 aliphatic carbocycles. The lowest BCUT2D eigenvalue weighted by molar-refractivity contribution is -0.137. The summed E-state index contributed by atoms with van der Waals surface area (Å²) in [6.07, 6.45) is 0. The predicted octanol–water partition coefficient (Wildman–Crippen LogP) is -0.137. The second kappa shape index (κ2) is 5.95. The number of nitrogens with two attached hydrogens (primary N) is 1. The van der Waals surface area contributed by atoms with Crippen molar-refractivity contribution in [2.75, 3.05) is 25.0 Å². The van der Waals surface area contributed by atoms with Gasteiger partial charge in [0.25, 0.3) is 0 Å². The number of likely N-dealkylation sites (N-methyl/N-ethyl adjacent to an activating group) is 1. The molecule has 17 heavy (non-hydrogen) atoms. The van der Waals surface area contributed by atoms with Crippen molar-refractivity contribution < 1.29 is 14.0 Å². The minimum atomic E-state index is -0.830. The molecule has 0 saturated heterocycles. The van der Waals surface area contributed by atoms with E-state index in [2.05, 4.69) is 5.32 Å². The van der Waals surface area contributed by atoms with Crippen LogP contribution in [0.25, 0.3) is 0 Å². The van der Waals surface area contributed by atoms with E-state index in [9.17, 15) is 14.0 Å². The normalized spacial score (nSPS) is 9.82. The Balaban J connectivity index is 2.76. The van der Waals surface area contributed by atoms with Gasteiger partial charge in [0.05, 0.1) is 5.69 Å². The lowest BCUT2D eigenvalue weighted by Gasteiger charge is -2.17. The molecule has 5 nitrogen and oxygen atoms in total. The van der Waals surface area contributed by atoms with Gasteiger partial charge in [-0.1, -0.05) is 12.1 Å². The van der Waals surface area contributed by atoms with E-state index in [4.69, 9.17) is 5.73 Å². The van der Waals surface area contributed by atoms with Crippen molar-refractivity contribution in [2.45, 2.75) is 0 Å². The van der Waals surface area contributed by atoms with E-state index in [1.54, 1.807) is 6.07 Å². The van der Waals surface area contributed by atoms with Crippen LogP contribution in [-0.2, 0) is 9.59 Å². The number of benzene rings is 1. The molecule has 0 aliphatic rings. The number of hydrogen-bond donors (Lipinski definition) is 2. The molecule has 3 N–H and O–H groups in total. The lowest BCUT2D eigenvalue weighted by atomic mass is 10.3. The van der Waals surface area contributed by atoms with E-state index in [0.29, 0.717) is 0 Å². The van der Waals surface area contributed by atoms with Crippen LogP contribution in [0, 0.1) is 5.82 Å². The molecule has 92 valence electrons. The summed E-state index contributed by atoms with van der Waals surface area (Å²) in [5, 5.41) is 2.32. The summed E-state index contributed by atoms with van der Waals surface area (Å²) in [5.74, 6) is -2.19. The van der Waals surface area contributed by atoms with Gasteiger partial charge in [-0.25, -0.2) is 4.39 Å². The molecule has 0 spiro atoms. The number of nitrogens with one attached hydrogen (secondary N) is 1. The van der Waals surface area contributed by atoms with Gasteiger partial charge in [0.1, 0.15) is 5.82 Å². The maximum absolute atomic E-state index is 13.4. The molecule has 0 fully saturated rings. The van der Waals surface area contributed by atoms with Gasteiger partial charge in [-0.2, -0.15) is 0 Å². The van der Waals surface area contributed by atoms with Crippen molar-refractivity contribution >= 4 is 17.5 Å². The maximum atomic E-state index is 13.4. The average molecular weight is 239 g/mol. The molecule has 0 saturated carbocycles. The number of carbonyl (C=O) groups excluding carboxylic acids is 2. The van der Waals surface area contributed by atoms with E-state index in [1.165, 1.54) is 25.2 Å². The van der Waals surface area contributed by atoms with Crippen LogP contribution < -0.4 is 16.0 Å². The third-order valence-electron chi connectivity index (χ3n) is 2.14. The molecule has 1 aromatic rings. The molecular formula is C11H14FN3O2. The highest BCUT2D eigenvalue weighted by Gasteiger charge is 2.21. The molecule has 0 radical (unpaired) electrons. The first kappa shape index (κ1) is 13.1. The number of hydrogen-bond acceptors (Lipinski definition) is 3. The standard InChI is InChI=1S/C11H14FN3O2/c1-15(9-5-3-2-4-8(9)12)11(17)10(16)14-7-6-13/h2-5H,6-7,13H2,1H3,(H,14,16). The Morgan fingerprint density at radius 3 is 2.65 bits per heavy atom. The van der Waals surface area contributed by atoms with Crippen LogP contribution in [0.4, 0.5) is 10.1 Å². The summed E-state index contributed by atoms with van der Waals surface area (Å²) < 4.78 is 13.4. The van der Waals surface area contributed by atoms with Gasteiger partial charge in [0.2, 0.25) is 0 Å². The highest BCUT2D eigenvalue weighted by molar-refractivity contribution is 6.40. The van der Waals surface area contributed by atoms with Crippen molar-refractivity contribution in [3.63, 3.8) is 0 Å². The maximum Gasteiger partial charge on any atom is 0.316 e. The molecule has 0 atom stereocenters. The van der Waals surface area contributed by atoms with E-state index >= 15 is 0 Å². The zero-order valence-corrected chi connectivity index (χ0v) is 9.44. The number of para-hydroxylation sites is 1. The minimum Gasteiger partial charge on any atom is -0.347 e. The Bertz CT molecular complexity index is 423. The zero-order valence-electron chi connectivity index (χ0n) is 9.44. The van der Waals surface area contributed by atoms with Crippen LogP contribution >= 0.6 is 0 Å². The molecule has 0 bridgehead atoms. The van der Waals surface area contributed by atoms with E-state index < -0.39 is 17.6 Å². The van der Waals surface area contributed by atoms with Crippen LogP contribution in [0.5, 0.6) is 0 Å². The monoisotopic (exact) mass is 239 g/mol. The fourth-order valence-electron chi connectivity index (χ4n) is 1.25. The number of anilines is 1. The summed E-state index contributed by atoms with van der Waals surface area (Å²) in [4.78, 5) is 23.9. The topological polar surface area (TPSA) is 75.4 Å². The van der Waals surface area contributed by atoms with Gasteiger partial charge in [-0.3, -0.25) is 9.59 Å². The van der Waals surface area contributed by atoms with Crippen LogP contribution in [0.1, 0.15) is 0 Å². The van der Waals surface area contributed by atoms with Crippen molar-refractivity contribution in [3.05, 3.63) is 30.1 Å². The van der Waals surface area contributed by atoms with Gasteiger partial charge >= 0.3 is 11.8 Å². The van der Waals surface area contributed by atoms with Crippen molar-refractivity contribution in [3.8, 4) is 0 Å². The van der Waals surface area contributed by atoms with Gasteiger partial charge in [0, 0.05) is 20.1 Å². The van der Waals surface area contributed by atoms with Crippen LogP contribution in [0.2, 0.25) is 0 Å². The van der Waals surface area contributed by atoms with E-state index in [-0.39, 0.29) is 18.8 Å². The number of halogens is 1. The fraction of sp³-hybridized carbons (Fsp3) is 0.273. The zero-order chi connectivity index (χ0) is 12.8. The molecule has 0 aliphatic heterocycles. The summed E-state index contributed by atoms with van der Waals surface area (Å²) in [7, 11) is 1.34. The SMILES string of the molecule is CN(C(=O)C(=O)NCCN)c1ccccc1F.